The van der Waals surface area contributed by atoms with Gasteiger partial charge in [-0.2, -0.15) is 0 Å². The SMILES string of the molecule is CC(=O)N(CCC(c1ccccc1)c1ccc(OC(C)C)cc1)Cc1ccc(Cl)cc1. The Bertz CT molecular complexity index is 953. The maximum Gasteiger partial charge on any atom is 0.219 e. The lowest BCUT2D eigenvalue weighted by Gasteiger charge is -2.25. The number of hydrogen-bond donors (Lipinski definition) is 0. The monoisotopic (exact) mass is 435 g/mol. The maximum absolute atomic E-state index is 12.3. The molecule has 0 aromatic heterocycles. The highest BCUT2D eigenvalue weighted by molar-refractivity contribution is 6.30. The van der Waals surface area contributed by atoms with Crippen molar-refractivity contribution in [3.63, 3.8) is 0 Å². The summed E-state index contributed by atoms with van der Waals surface area (Å²) in [6.45, 7) is 6.93. The van der Waals surface area contributed by atoms with Crippen LogP contribution in [0.1, 0.15) is 49.8 Å². The van der Waals surface area contributed by atoms with E-state index in [9.17, 15) is 4.79 Å². The molecule has 0 aliphatic heterocycles. The van der Waals surface area contributed by atoms with E-state index >= 15 is 0 Å². The zero-order chi connectivity index (χ0) is 22.2. The predicted octanol–water partition coefficient (Wildman–Crippen LogP) is 6.70. The van der Waals surface area contributed by atoms with Crippen molar-refractivity contribution in [2.24, 2.45) is 0 Å². The van der Waals surface area contributed by atoms with Crippen LogP contribution >= 0.6 is 11.6 Å². The number of nitrogens with zero attached hydrogens (tertiary/aromatic N) is 1. The number of carbonyl (C=O) groups excluding carboxylic acids is 1. The van der Waals surface area contributed by atoms with Crippen molar-refractivity contribution in [3.8, 4) is 5.75 Å². The van der Waals surface area contributed by atoms with Gasteiger partial charge < -0.3 is 9.64 Å². The van der Waals surface area contributed by atoms with Crippen molar-refractivity contribution < 1.29 is 9.53 Å². The number of hydrogen-bond acceptors (Lipinski definition) is 2. The first kappa shape index (κ1) is 22.9. The van der Waals surface area contributed by atoms with E-state index in [-0.39, 0.29) is 17.9 Å². The van der Waals surface area contributed by atoms with Crippen molar-refractivity contribution in [1.29, 1.82) is 0 Å². The Kier molecular flexibility index (Phi) is 8.13. The van der Waals surface area contributed by atoms with Crippen molar-refractivity contribution in [2.75, 3.05) is 6.54 Å². The molecule has 0 saturated carbocycles. The Labute approximate surface area is 190 Å². The highest BCUT2D eigenvalue weighted by Gasteiger charge is 2.18. The smallest absolute Gasteiger partial charge is 0.219 e. The Hall–Kier alpha value is -2.78. The highest BCUT2D eigenvalue weighted by Crippen LogP contribution is 2.30. The Morgan fingerprint density at radius 2 is 1.52 bits per heavy atom. The molecule has 1 atom stereocenters. The first-order valence-corrected chi connectivity index (χ1v) is 11.1. The number of benzene rings is 3. The van der Waals surface area contributed by atoms with Crippen LogP contribution in [0.15, 0.2) is 78.9 Å². The quantitative estimate of drug-likeness (QED) is 0.374. The zero-order valence-corrected chi connectivity index (χ0v) is 19.2. The molecule has 3 aromatic carbocycles. The summed E-state index contributed by atoms with van der Waals surface area (Å²) >= 11 is 6.00. The number of ether oxygens (including phenoxy) is 1. The molecule has 0 aliphatic rings. The molecule has 3 rings (SSSR count). The van der Waals surface area contributed by atoms with Crippen LogP contribution in [0, 0.1) is 0 Å². The lowest BCUT2D eigenvalue weighted by Crippen LogP contribution is -2.30. The van der Waals surface area contributed by atoms with Crippen LogP contribution in [-0.4, -0.2) is 23.5 Å². The summed E-state index contributed by atoms with van der Waals surface area (Å²) < 4.78 is 5.80. The first-order chi connectivity index (χ1) is 14.9. The van der Waals surface area contributed by atoms with Gasteiger partial charge in [0.2, 0.25) is 5.91 Å². The van der Waals surface area contributed by atoms with Gasteiger partial charge in [-0.25, -0.2) is 0 Å². The van der Waals surface area contributed by atoms with Crippen LogP contribution < -0.4 is 4.74 Å². The van der Waals surface area contributed by atoms with Crippen molar-refractivity contribution in [2.45, 2.75) is 45.8 Å². The van der Waals surface area contributed by atoms with Gasteiger partial charge >= 0.3 is 0 Å². The minimum absolute atomic E-state index is 0.0717. The minimum atomic E-state index is 0.0717. The van der Waals surface area contributed by atoms with E-state index in [1.807, 2.05) is 61.2 Å². The second-order valence-corrected chi connectivity index (χ2v) is 8.49. The predicted molar refractivity (Wildman–Crippen MR) is 128 cm³/mol. The molecule has 1 amide bonds. The summed E-state index contributed by atoms with van der Waals surface area (Å²) in [6, 6.07) is 26.5. The summed E-state index contributed by atoms with van der Waals surface area (Å²) in [7, 11) is 0. The van der Waals surface area contributed by atoms with Crippen LogP contribution in [0.2, 0.25) is 5.02 Å². The van der Waals surface area contributed by atoms with Gasteiger partial charge in [0.1, 0.15) is 5.75 Å². The molecule has 1 unspecified atom stereocenters. The summed E-state index contributed by atoms with van der Waals surface area (Å²) in [5.74, 6) is 1.14. The zero-order valence-electron chi connectivity index (χ0n) is 18.4. The molecule has 0 aliphatic carbocycles. The van der Waals surface area contributed by atoms with Gasteiger partial charge in [0.05, 0.1) is 6.10 Å². The van der Waals surface area contributed by atoms with E-state index < -0.39 is 0 Å². The average Bonchev–Trinajstić information content (AvgIpc) is 2.75. The molecule has 0 fully saturated rings. The van der Waals surface area contributed by atoms with Gasteiger partial charge in [-0.15, -0.1) is 0 Å². The summed E-state index contributed by atoms with van der Waals surface area (Å²) in [4.78, 5) is 14.2. The normalized spacial score (nSPS) is 11.9. The number of amides is 1. The third-order valence-electron chi connectivity index (χ3n) is 5.28. The van der Waals surface area contributed by atoms with E-state index in [0.717, 1.165) is 17.7 Å². The van der Waals surface area contributed by atoms with Crippen LogP contribution in [-0.2, 0) is 11.3 Å². The molecule has 3 nitrogen and oxygen atoms in total. The summed E-state index contributed by atoms with van der Waals surface area (Å²) in [6.07, 6.45) is 0.981. The topological polar surface area (TPSA) is 29.5 Å². The molecule has 4 heteroatoms. The van der Waals surface area contributed by atoms with Crippen molar-refractivity contribution >= 4 is 17.5 Å². The van der Waals surface area contributed by atoms with Crippen molar-refractivity contribution in [1.82, 2.24) is 4.90 Å². The molecule has 0 heterocycles. The lowest BCUT2D eigenvalue weighted by atomic mass is 9.88. The Morgan fingerprint density at radius 1 is 0.903 bits per heavy atom. The fourth-order valence-corrected chi connectivity index (χ4v) is 3.83. The first-order valence-electron chi connectivity index (χ1n) is 10.7. The number of halogens is 1. The van der Waals surface area contributed by atoms with Gasteiger partial charge in [-0.05, 0) is 61.2 Å². The van der Waals surface area contributed by atoms with Gasteiger partial charge in [0.25, 0.3) is 0 Å². The Balaban J connectivity index is 1.77. The van der Waals surface area contributed by atoms with Crippen LogP contribution in [0.4, 0.5) is 0 Å². The second-order valence-electron chi connectivity index (χ2n) is 8.05. The molecule has 31 heavy (non-hydrogen) atoms. The van der Waals surface area contributed by atoms with Gasteiger partial charge in [0, 0.05) is 31.0 Å². The van der Waals surface area contributed by atoms with E-state index in [1.165, 1.54) is 11.1 Å². The lowest BCUT2D eigenvalue weighted by molar-refractivity contribution is -0.129. The number of carbonyl (C=O) groups is 1. The fraction of sp³-hybridized carbons (Fsp3) is 0.296. The third kappa shape index (κ3) is 6.86. The molecule has 0 N–H and O–H groups in total. The van der Waals surface area contributed by atoms with Gasteiger partial charge in [0.15, 0.2) is 0 Å². The molecular weight excluding hydrogens is 406 g/mol. The largest absolute Gasteiger partial charge is 0.491 e. The molecule has 0 saturated heterocycles. The molecule has 0 bridgehead atoms. The molecule has 162 valence electrons. The van der Waals surface area contributed by atoms with E-state index in [4.69, 9.17) is 16.3 Å². The molecule has 3 aromatic rings. The van der Waals surface area contributed by atoms with Crippen LogP contribution in [0.5, 0.6) is 5.75 Å². The highest BCUT2D eigenvalue weighted by atomic mass is 35.5. The molecule has 0 radical (unpaired) electrons. The van der Waals surface area contributed by atoms with E-state index in [2.05, 4.69) is 36.4 Å². The maximum atomic E-state index is 12.3. The molecular formula is C27H30ClNO2. The van der Waals surface area contributed by atoms with E-state index in [0.29, 0.717) is 18.1 Å². The minimum Gasteiger partial charge on any atom is -0.491 e. The van der Waals surface area contributed by atoms with Crippen LogP contribution in [0.3, 0.4) is 0 Å². The standard InChI is InChI=1S/C27H30ClNO2/c1-20(2)31-26-15-11-24(12-16-26)27(23-7-5-4-6-8-23)17-18-29(21(3)30)19-22-9-13-25(28)14-10-22/h4-16,20,27H,17-19H2,1-3H3. The average molecular weight is 436 g/mol. The summed E-state index contributed by atoms with van der Waals surface area (Å²) in [5.41, 5.74) is 3.54. The Morgan fingerprint density at radius 3 is 2.10 bits per heavy atom. The summed E-state index contributed by atoms with van der Waals surface area (Å²) in [5, 5.41) is 0.701. The van der Waals surface area contributed by atoms with Crippen molar-refractivity contribution in [3.05, 3.63) is 101 Å². The van der Waals surface area contributed by atoms with Crippen LogP contribution in [0.25, 0.3) is 0 Å². The third-order valence-corrected chi connectivity index (χ3v) is 5.53. The molecule has 0 spiro atoms. The van der Waals surface area contributed by atoms with Gasteiger partial charge in [-0.1, -0.05) is 66.2 Å². The number of rotatable bonds is 9. The fourth-order valence-electron chi connectivity index (χ4n) is 3.70. The van der Waals surface area contributed by atoms with Gasteiger partial charge in [-0.3, -0.25) is 4.79 Å². The van der Waals surface area contributed by atoms with E-state index in [1.54, 1.807) is 6.92 Å². The second kappa shape index (κ2) is 11.0.